The van der Waals surface area contributed by atoms with E-state index >= 15 is 0 Å². The van der Waals surface area contributed by atoms with E-state index in [1.54, 1.807) is 0 Å². The summed E-state index contributed by atoms with van der Waals surface area (Å²) in [6.07, 6.45) is 2.49. The number of hydrogen-bond donors (Lipinski definition) is 2. The number of nitrogens with one attached hydrogen (secondary N) is 1. The second-order valence-corrected chi connectivity index (χ2v) is 5.65. The van der Waals surface area contributed by atoms with Crippen molar-refractivity contribution in [1.29, 1.82) is 0 Å². The molecule has 0 aliphatic heterocycles. The van der Waals surface area contributed by atoms with E-state index < -0.39 is 28.6 Å². The smallest absolute Gasteiger partial charge is 0.307 e. The van der Waals surface area contributed by atoms with Crippen molar-refractivity contribution >= 4 is 34.9 Å². The highest BCUT2D eigenvalue weighted by atomic mass is 35.5. The van der Waals surface area contributed by atoms with Gasteiger partial charge in [-0.25, -0.2) is 0 Å². The summed E-state index contributed by atoms with van der Waals surface area (Å²) in [6.45, 7) is 0. The van der Waals surface area contributed by atoms with Gasteiger partial charge in [0.05, 0.1) is 27.5 Å². The van der Waals surface area contributed by atoms with Crippen LogP contribution >= 0.6 is 11.6 Å². The van der Waals surface area contributed by atoms with E-state index in [0.29, 0.717) is 12.8 Å². The molecule has 1 amide bonds. The number of rotatable bonds is 4. The molecule has 1 aliphatic rings. The van der Waals surface area contributed by atoms with Crippen molar-refractivity contribution in [3.8, 4) is 0 Å². The van der Waals surface area contributed by atoms with Crippen LogP contribution in [-0.4, -0.2) is 21.9 Å². The molecular formula is C14H15ClN2O5. The maximum Gasteiger partial charge on any atom is 0.307 e. The minimum Gasteiger partial charge on any atom is -0.481 e. The van der Waals surface area contributed by atoms with E-state index in [-0.39, 0.29) is 16.4 Å². The number of carboxylic acids is 1. The first-order valence-corrected chi connectivity index (χ1v) is 7.25. The molecular weight excluding hydrogens is 312 g/mol. The monoisotopic (exact) mass is 326 g/mol. The lowest BCUT2D eigenvalue weighted by atomic mass is 9.78. The molecule has 0 bridgehead atoms. The Morgan fingerprint density at radius 3 is 2.50 bits per heavy atom. The molecule has 1 fully saturated rings. The number of amides is 1. The number of nitro groups is 1. The Hall–Kier alpha value is -2.15. The fourth-order valence-electron chi connectivity index (χ4n) is 2.69. The third-order valence-corrected chi connectivity index (χ3v) is 4.17. The van der Waals surface area contributed by atoms with Crippen molar-refractivity contribution in [1.82, 2.24) is 0 Å². The highest BCUT2D eigenvalue weighted by molar-refractivity contribution is 6.33. The summed E-state index contributed by atoms with van der Waals surface area (Å²) in [7, 11) is 0. The highest BCUT2D eigenvalue weighted by Crippen LogP contribution is 2.33. The fraction of sp³-hybridized carbons (Fsp3) is 0.429. The van der Waals surface area contributed by atoms with Gasteiger partial charge in [-0.1, -0.05) is 24.4 Å². The third kappa shape index (κ3) is 3.54. The molecule has 0 spiro atoms. The molecule has 1 aliphatic carbocycles. The SMILES string of the molecule is O=C(O)[C@@H]1CCCC[C@H]1C(=O)Nc1cc([N+](=O)[O-])ccc1Cl. The highest BCUT2D eigenvalue weighted by Gasteiger charge is 2.35. The molecule has 7 nitrogen and oxygen atoms in total. The average molecular weight is 327 g/mol. The Kier molecular flexibility index (Phi) is 4.97. The first kappa shape index (κ1) is 16.2. The zero-order valence-corrected chi connectivity index (χ0v) is 12.4. The quantitative estimate of drug-likeness (QED) is 0.652. The number of nitro benzene ring substituents is 1. The molecule has 2 N–H and O–H groups in total. The van der Waals surface area contributed by atoms with Gasteiger partial charge in [-0.2, -0.15) is 0 Å². The molecule has 0 heterocycles. The minimum atomic E-state index is -0.995. The van der Waals surface area contributed by atoms with Crippen LogP contribution in [0.25, 0.3) is 0 Å². The Morgan fingerprint density at radius 1 is 1.27 bits per heavy atom. The first-order valence-electron chi connectivity index (χ1n) is 6.87. The average Bonchev–Trinajstić information content (AvgIpc) is 2.49. The van der Waals surface area contributed by atoms with Crippen LogP contribution in [-0.2, 0) is 9.59 Å². The molecule has 0 radical (unpaired) electrons. The third-order valence-electron chi connectivity index (χ3n) is 3.84. The van der Waals surface area contributed by atoms with Crippen molar-refractivity contribution in [2.45, 2.75) is 25.7 Å². The minimum absolute atomic E-state index is 0.121. The van der Waals surface area contributed by atoms with Crippen LogP contribution in [0.4, 0.5) is 11.4 Å². The number of hydrogen-bond acceptors (Lipinski definition) is 4. The van der Waals surface area contributed by atoms with Crippen LogP contribution in [0.1, 0.15) is 25.7 Å². The Morgan fingerprint density at radius 2 is 1.91 bits per heavy atom. The van der Waals surface area contributed by atoms with E-state index in [1.807, 2.05) is 0 Å². The number of non-ortho nitro benzene ring substituents is 1. The van der Waals surface area contributed by atoms with Gasteiger partial charge in [0.15, 0.2) is 0 Å². The van der Waals surface area contributed by atoms with Gasteiger partial charge in [0.2, 0.25) is 5.91 Å². The van der Waals surface area contributed by atoms with Crippen LogP contribution in [0.5, 0.6) is 0 Å². The maximum atomic E-state index is 12.3. The van der Waals surface area contributed by atoms with Gasteiger partial charge in [-0.05, 0) is 18.9 Å². The largest absolute Gasteiger partial charge is 0.481 e. The number of nitrogens with zero attached hydrogens (tertiary/aromatic N) is 1. The molecule has 2 atom stereocenters. The summed E-state index contributed by atoms with van der Waals surface area (Å²) in [5.74, 6) is -2.84. The molecule has 1 aromatic rings. The lowest BCUT2D eigenvalue weighted by Gasteiger charge is -2.27. The van der Waals surface area contributed by atoms with Gasteiger partial charge in [0.25, 0.3) is 5.69 Å². The first-order chi connectivity index (χ1) is 10.4. The number of carbonyl (C=O) groups is 2. The maximum absolute atomic E-state index is 12.3. The molecule has 2 rings (SSSR count). The van der Waals surface area contributed by atoms with Crippen molar-refractivity contribution in [2.75, 3.05) is 5.32 Å². The van der Waals surface area contributed by atoms with Gasteiger partial charge < -0.3 is 10.4 Å². The van der Waals surface area contributed by atoms with Crippen molar-refractivity contribution in [3.63, 3.8) is 0 Å². The number of benzene rings is 1. The van der Waals surface area contributed by atoms with Crippen molar-refractivity contribution in [2.24, 2.45) is 11.8 Å². The summed E-state index contributed by atoms with van der Waals surface area (Å²) in [5.41, 5.74) is -0.0753. The number of aliphatic carboxylic acids is 1. The molecule has 1 saturated carbocycles. The van der Waals surface area contributed by atoms with E-state index in [9.17, 15) is 24.8 Å². The summed E-state index contributed by atoms with van der Waals surface area (Å²) in [4.78, 5) is 33.7. The Labute approximate surface area is 131 Å². The Bertz CT molecular complexity index is 619. The number of carbonyl (C=O) groups excluding carboxylic acids is 1. The van der Waals surface area contributed by atoms with E-state index in [4.69, 9.17) is 11.6 Å². The van der Waals surface area contributed by atoms with Gasteiger partial charge >= 0.3 is 5.97 Å². The molecule has 8 heteroatoms. The molecule has 0 unspecified atom stereocenters. The Balaban J connectivity index is 2.19. The predicted octanol–water partition coefficient (Wildman–Crippen LogP) is 3.08. The lowest BCUT2D eigenvalue weighted by molar-refractivity contribution is -0.384. The van der Waals surface area contributed by atoms with Gasteiger partial charge in [0, 0.05) is 12.1 Å². The van der Waals surface area contributed by atoms with E-state index in [1.165, 1.54) is 18.2 Å². The van der Waals surface area contributed by atoms with Crippen LogP contribution in [0.2, 0.25) is 5.02 Å². The number of carboxylic acid groups (broad SMARTS) is 1. The van der Waals surface area contributed by atoms with Crippen LogP contribution in [0, 0.1) is 22.0 Å². The fourth-order valence-corrected chi connectivity index (χ4v) is 2.85. The number of halogens is 1. The second-order valence-electron chi connectivity index (χ2n) is 5.25. The summed E-state index contributed by atoms with van der Waals surface area (Å²) < 4.78 is 0. The van der Waals surface area contributed by atoms with Crippen LogP contribution < -0.4 is 5.32 Å². The summed E-state index contributed by atoms with van der Waals surface area (Å²) in [6, 6.07) is 3.72. The second kappa shape index (κ2) is 6.74. The molecule has 118 valence electrons. The zero-order valence-electron chi connectivity index (χ0n) is 11.6. The van der Waals surface area contributed by atoms with Gasteiger partial charge in [0.1, 0.15) is 0 Å². The summed E-state index contributed by atoms with van der Waals surface area (Å²) >= 11 is 5.93. The lowest BCUT2D eigenvalue weighted by Crippen LogP contribution is -2.36. The standard InChI is InChI=1S/C14H15ClN2O5/c15-11-6-5-8(17(21)22)7-12(11)16-13(18)9-3-1-2-4-10(9)14(19)20/h5-7,9-10H,1-4H2,(H,16,18)(H,19,20)/t9-,10-/m1/s1. The predicted molar refractivity (Wildman–Crippen MR) is 79.8 cm³/mol. The van der Waals surface area contributed by atoms with E-state index in [0.717, 1.165) is 12.8 Å². The van der Waals surface area contributed by atoms with Gasteiger partial charge in [-0.15, -0.1) is 0 Å². The normalized spacial score (nSPS) is 21.1. The van der Waals surface area contributed by atoms with Crippen LogP contribution in [0.3, 0.4) is 0 Å². The van der Waals surface area contributed by atoms with Crippen molar-refractivity contribution in [3.05, 3.63) is 33.3 Å². The van der Waals surface area contributed by atoms with Crippen LogP contribution in [0.15, 0.2) is 18.2 Å². The number of anilines is 1. The van der Waals surface area contributed by atoms with Crippen molar-refractivity contribution < 1.29 is 19.6 Å². The topological polar surface area (TPSA) is 110 Å². The molecule has 0 aromatic heterocycles. The molecule has 0 saturated heterocycles. The van der Waals surface area contributed by atoms with Gasteiger partial charge in [-0.3, -0.25) is 19.7 Å². The van der Waals surface area contributed by atoms with E-state index in [2.05, 4.69) is 5.32 Å². The summed E-state index contributed by atoms with van der Waals surface area (Å²) in [5, 5.41) is 22.7. The zero-order chi connectivity index (χ0) is 16.3. The molecule has 22 heavy (non-hydrogen) atoms. The molecule has 1 aromatic carbocycles.